The Bertz CT molecular complexity index is 1440. The molecule has 3 heterocycles. The molecule has 0 bridgehead atoms. The van der Waals surface area contributed by atoms with Crippen LogP contribution in [0.2, 0.25) is 0 Å². The zero-order valence-corrected chi connectivity index (χ0v) is 20.4. The first-order chi connectivity index (χ1) is 17.8. The largest absolute Gasteiger partial charge is 0.479 e. The molecule has 11 nitrogen and oxygen atoms in total. The van der Waals surface area contributed by atoms with Crippen molar-refractivity contribution >= 4 is 29.2 Å². The van der Waals surface area contributed by atoms with Crippen molar-refractivity contribution in [3.8, 4) is 17.2 Å². The van der Waals surface area contributed by atoms with Crippen LogP contribution in [0.25, 0.3) is 11.5 Å². The molecule has 2 aromatic heterocycles. The van der Waals surface area contributed by atoms with Crippen LogP contribution in [0.1, 0.15) is 42.7 Å². The highest BCUT2D eigenvalue weighted by molar-refractivity contribution is 6.07. The number of anilines is 3. The van der Waals surface area contributed by atoms with Gasteiger partial charge in [-0.1, -0.05) is 30.3 Å². The van der Waals surface area contributed by atoms with Gasteiger partial charge in [-0.25, -0.2) is 4.98 Å². The molecule has 0 fully saturated rings. The van der Waals surface area contributed by atoms with E-state index < -0.39 is 17.6 Å². The Morgan fingerprint density at radius 2 is 1.95 bits per heavy atom. The molecule has 2 aromatic carbocycles. The SMILES string of the molecule is CC(=O)OC[C@@H](Nc1nc(Nc2ccc3c(c2)OC(C)(C)C3=O)ncc1-c1nnco1)c1ccccc1. The Balaban J connectivity index is 1.47. The van der Waals surface area contributed by atoms with Gasteiger partial charge in [0.15, 0.2) is 5.60 Å². The monoisotopic (exact) mass is 500 g/mol. The molecule has 37 heavy (non-hydrogen) atoms. The van der Waals surface area contributed by atoms with Gasteiger partial charge >= 0.3 is 5.97 Å². The van der Waals surface area contributed by atoms with Crippen LogP contribution in [-0.2, 0) is 9.53 Å². The lowest BCUT2D eigenvalue weighted by Gasteiger charge is -2.21. The van der Waals surface area contributed by atoms with Crippen molar-refractivity contribution in [1.29, 1.82) is 0 Å². The van der Waals surface area contributed by atoms with Gasteiger partial charge in [0.2, 0.25) is 18.1 Å². The minimum atomic E-state index is -0.908. The Morgan fingerprint density at radius 3 is 2.68 bits per heavy atom. The van der Waals surface area contributed by atoms with Crippen LogP contribution in [-0.4, -0.2) is 44.1 Å². The summed E-state index contributed by atoms with van der Waals surface area (Å²) in [6.45, 7) is 4.90. The molecule has 11 heteroatoms. The molecule has 5 rings (SSSR count). The van der Waals surface area contributed by atoms with E-state index >= 15 is 0 Å². The summed E-state index contributed by atoms with van der Waals surface area (Å²) in [7, 11) is 0. The number of rotatable bonds is 8. The van der Waals surface area contributed by atoms with Crippen molar-refractivity contribution in [1.82, 2.24) is 20.2 Å². The molecule has 4 aromatic rings. The summed E-state index contributed by atoms with van der Waals surface area (Å²) in [5.74, 6) is 0.905. The lowest BCUT2D eigenvalue weighted by molar-refractivity contribution is -0.141. The third kappa shape index (κ3) is 5.10. The Labute approximate surface area is 212 Å². The molecule has 0 amide bonds. The Kier molecular flexibility index (Phi) is 6.26. The van der Waals surface area contributed by atoms with Gasteiger partial charge in [-0.3, -0.25) is 9.59 Å². The summed E-state index contributed by atoms with van der Waals surface area (Å²) < 4.78 is 16.5. The predicted octanol–water partition coefficient (Wildman–Crippen LogP) is 4.34. The van der Waals surface area contributed by atoms with E-state index in [0.717, 1.165) is 5.56 Å². The smallest absolute Gasteiger partial charge is 0.302 e. The van der Waals surface area contributed by atoms with Crippen LogP contribution >= 0.6 is 0 Å². The number of carbonyl (C=O) groups is 2. The normalized spacial score (nSPS) is 14.4. The zero-order valence-electron chi connectivity index (χ0n) is 20.4. The fourth-order valence-corrected chi connectivity index (χ4v) is 3.92. The molecule has 1 aliphatic rings. The summed E-state index contributed by atoms with van der Waals surface area (Å²) in [4.78, 5) is 33.0. The van der Waals surface area contributed by atoms with Crippen LogP contribution in [0, 0.1) is 0 Å². The third-order valence-corrected chi connectivity index (χ3v) is 5.74. The minimum Gasteiger partial charge on any atom is -0.479 e. The first-order valence-electron chi connectivity index (χ1n) is 11.5. The maximum Gasteiger partial charge on any atom is 0.302 e. The molecule has 1 aliphatic heterocycles. The van der Waals surface area contributed by atoms with Crippen LogP contribution in [0.15, 0.2) is 65.5 Å². The topological polar surface area (TPSA) is 141 Å². The average molecular weight is 501 g/mol. The number of aromatic nitrogens is 4. The zero-order chi connectivity index (χ0) is 26.0. The van der Waals surface area contributed by atoms with E-state index in [9.17, 15) is 9.59 Å². The van der Waals surface area contributed by atoms with E-state index in [4.69, 9.17) is 13.9 Å². The number of fused-ring (bicyclic) bond motifs is 1. The van der Waals surface area contributed by atoms with Crippen molar-refractivity contribution in [2.45, 2.75) is 32.4 Å². The summed E-state index contributed by atoms with van der Waals surface area (Å²) in [6.07, 6.45) is 2.77. The van der Waals surface area contributed by atoms with Crippen molar-refractivity contribution in [3.63, 3.8) is 0 Å². The standard InChI is InChI=1S/C26H24N6O5/c1-15(33)35-13-20(16-7-5-4-6-8-16)30-23-19(24-32-28-14-36-24)12-27-25(31-23)29-17-9-10-18-21(11-17)37-26(2,3)22(18)34/h4-12,14,20H,13H2,1-3H3,(H2,27,29,30,31)/t20-/m1/s1. The van der Waals surface area contributed by atoms with Gasteiger partial charge < -0.3 is 24.5 Å². The van der Waals surface area contributed by atoms with E-state index in [2.05, 4.69) is 30.8 Å². The quantitative estimate of drug-likeness (QED) is 0.334. The van der Waals surface area contributed by atoms with Gasteiger partial charge in [-0.05, 0) is 31.5 Å². The average Bonchev–Trinajstić information content (AvgIpc) is 3.48. The molecule has 1 atom stereocenters. The fourth-order valence-electron chi connectivity index (χ4n) is 3.92. The number of carbonyl (C=O) groups excluding carboxylic acids is 2. The highest BCUT2D eigenvalue weighted by Gasteiger charge is 2.39. The first-order valence-corrected chi connectivity index (χ1v) is 11.5. The minimum absolute atomic E-state index is 0.0690. The number of benzene rings is 2. The molecule has 0 aliphatic carbocycles. The molecule has 0 unspecified atom stereocenters. The van der Waals surface area contributed by atoms with E-state index in [1.165, 1.54) is 13.3 Å². The predicted molar refractivity (Wildman–Crippen MR) is 134 cm³/mol. The summed E-state index contributed by atoms with van der Waals surface area (Å²) in [6, 6.07) is 14.3. The second-order valence-electron chi connectivity index (χ2n) is 8.89. The number of hydrogen-bond donors (Lipinski definition) is 2. The van der Waals surface area contributed by atoms with Gasteiger partial charge in [-0.2, -0.15) is 4.98 Å². The molecule has 0 radical (unpaired) electrons. The van der Waals surface area contributed by atoms with Crippen LogP contribution < -0.4 is 15.4 Å². The number of ketones is 1. The number of ether oxygens (including phenoxy) is 2. The van der Waals surface area contributed by atoms with E-state index in [1.807, 2.05) is 30.3 Å². The van der Waals surface area contributed by atoms with Gasteiger partial charge in [0.25, 0.3) is 5.89 Å². The number of nitrogens with zero attached hydrogens (tertiary/aromatic N) is 4. The lowest BCUT2D eigenvalue weighted by atomic mass is 10.00. The number of hydrogen-bond acceptors (Lipinski definition) is 11. The maximum absolute atomic E-state index is 12.5. The van der Waals surface area contributed by atoms with Crippen LogP contribution in [0.3, 0.4) is 0 Å². The number of nitrogens with one attached hydrogen (secondary N) is 2. The Morgan fingerprint density at radius 1 is 1.14 bits per heavy atom. The molecule has 0 saturated heterocycles. The maximum atomic E-state index is 12.5. The van der Waals surface area contributed by atoms with Gasteiger partial charge in [-0.15, -0.1) is 10.2 Å². The van der Waals surface area contributed by atoms with E-state index in [0.29, 0.717) is 28.4 Å². The second-order valence-corrected chi connectivity index (χ2v) is 8.89. The first kappa shape index (κ1) is 23.9. The highest BCUT2D eigenvalue weighted by Crippen LogP contribution is 2.37. The van der Waals surface area contributed by atoms with Gasteiger partial charge in [0.05, 0.1) is 17.2 Å². The molecule has 0 spiro atoms. The summed E-state index contributed by atoms with van der Waals surface area (Å²) >= 11 is 0. The molecule has 188 valence electrons. The molecular formula is C26H24N6O5. The highest BCUT2D eigenvalue weighted by atomic mass is 16.5. The van der Waals surface area contributed by atoms with Crippen molar-refractivity contribution in [2.75, 3.05) is 17.2 Å². The van der Waals surface area contributed by atoms with Crippen LogP contribution in [0.5, 0.6) is 5.75 Å². The fraction of sp³-hybridized carbons (Fsp3) is 0.231. The van der Waals surface area contributed by atoms with E-state index in [1.54, 1.807) is 38.2 Å². The van der Waals surface area contributed by atoms with Gasteiger partial charge in [0.1, 0.15) is 18.2 Å². The third-order valence-electron chi connectivity index (χ3n) is 5.74. The lowest BCUT2D eigenvalue weighted by Crippen LogP contribution is -2.31. The van der Waals surface area contributed by atoms with Crippen LogP contribution in [0.4, 0.5) is 17.5 Å². The van der Waals surface area contributed by atoms with Gasteiger partial charge in [0, 0.05) is 24.9 Å². The van der Waals surface area contributed by atoms with Crippen molar-refractivity contribution < 1.29 is 23.5 Å². The molecule has 0 saturated carbocycles. The second kappa shape index (κ2) is 9.69. The summed E-state index contributed by atoms with van der Waals surface area (Å²) in [5.41, 5.74) is 1.61. The number of esters is 1. The number of Topliss-reactive ketones (excluding diaryl/α,β-unsaturated/α-hetero) is 1. The van der Waals surface area contributed by atoms with Crippen molar-refractivity contribution in [3.05, 3.63) is 72.2 Å². The molecule has 2 N–H and O–H groups in total. The summed E-state index contributed by atoms with van der Waals surface area (Å²) in [5, 5.41) is 14.2. The van der Waals surface area contributed by atoms with Crippen molar-refractivity contribution in [2.24, 2.45) is 0 Å². The Hall–Kier alpha value is -4.80. The molecular weight excluding hydrogens is 476 g/mol. The van der Waals surface area contributed by atoms with E-state index in [-0.39, 0.29) is 24.2 Å².